The fourth-order valence-electron chi connectivity index (χ4n) is 2.86. The van der Waals surface area contributed by atoms with Crippen molar-refractivity contribution in [1.82, 2.24) is 9.97 Å². The Hall–Kier alpha value is -1.20. The zero-order valence-electron chi connectivity index (χ0n) is 12.2. The molecule has 1 N–H and O–H groups in total. The summed E-state index contributed by atoms with van der Waals surface area (Å²) in [5, 5.41) is 3.34. The van der Waals surface area contributed by atoms with E-state index in [0.717, 1.165) is 61.9 Å². The smallest absolute Gasteiger partial charge is 0.135 e. The Balaban J connectivity index is 1.81. The summed E-state index contributed by atoms with van der Waals surface area (Å²) in [5.74, 6) is 1.86. The maximum absolute atomic E-state index is 5.80. The predicted octanol–water partition coefficient (Wildman–Crippen LogP) is 2.09. The second-order valence-corrected chi connectivity index (χ2v) is 5.44. The molecule has 0 aliphatic carbocycles. The lowest BCUT2D eigenvalue weighted by Gasteiger charge is -2.24. The van der Waals surface area contributed by atoms with Crippen molar-refractivity contribution in [1.29, 1.82) is 0 Å². The molecule has 0 aromatic carbocycles. The van der Waals surface area contributed by atoms with E-state index in [1.807, 2.05) is 0 Å². The maximum Gasteiger partial charge on any atom is 0.135 e. The van der Waals surface area contributed by atoms with Gasteiger partial charge in [0.2, 0.25) is 0 Å². The molecule has 3 heterocycles. The molecule has 5 heteroatoms. The Morgan fingerprint density at radius 1 is 1.25 bits per heavy atom. The van der Waals surface area contributed by atoms with E-state index in [1.165, 1.54) is 12.8 Å². The molecule has 1 unspecified atom stereocenters. The van der Waals surface area contributed by atoms with Crippen molar-refractivity contribution in [2.45, 2.75) is 51.7 Å². The average molecular weight is 277 g/mol. The number of rotatable bonds is 4. The molecule has 5 nitrogen and oxygen atoms in total. The van der Waals surface area contributed by atoms with Crippen molar-refractivity contribution in [3.8, 4) is 0 Å². The summed E-state index contributed by atoms with van der Waals surface area (Å²) < 4.78 is 11.3. The van der Waals surface area contributed by atoms with Crippen LogP contribution in [0.25, 0.3) is 0 Å². The monoisotopic (exact) mass is 277 g/mol. The van der Waals surface area contributed by atoms with Gasteiger partial charge in [-0.25, -0.2) is 9.97 Å². The minimum absolute atomic E-state index is 0.288. The van der Waals surface area contributed by atoms with Crippen LogP contribution in [0.3, 0.4) is 0 Å². The lowest BCUT2D eigenvalue weighted by Crippen LogP contribution is -2.24. The van der Waals surface area contributed by atoms with Gasteiger partial charge in [-0.3, -0.25) is 0 Å². The van der Waals surface area contributed by atoms with Gasteiger partial charge in [0.25, 0.3) is 0 Å². The second kappa shape index (κ2) is 6.50. The van der Waals surface area contributed by atoms with Gasteiger partial charge in [-0.05, 0) is 26.2 Å². The number of nitrogens with one attached hydrogen (secondary N) is 1. The molecule has 3 rings (SSSR count). The molecule has 0 bridgehead atoms. The number of hydrogen-bond donors (Lipinski definition) is 1. The van der Waals surface area contributed by atoms with Crippen molar-refractivity contribution in [2.75, 3.05) is 25.1 Å². The van der Waals surface area contributed by atoms with E-state index in [0.29, 0.717) is 6.61 Å². The molecule has 20 heavy (non-hydrogen) atoms. The fourth-order valence-corrected chi connectivity index (χ4v) is 2.86. The zero-order chi connectivity index (χ0) is 13.8. The lowest BCUT2D eigenvalue weighted by molar-refractivity contribution is 0.0155. The summed E-state index contributed by atoms with van der Waals surface area (Å²) >= 11 is 0. The van der Waals surface area contributed by atoms with Crippen LogP contribution in [0.4, 0.5) is 5.82 Å². The molecule has 0 radical (unpaired) electrons. The van der Waals surface area contributed by atoms with E-state index in [2.05, 4.69) is 17.2 Å². The third kappa shape index (κ3) is 3.10. The summed E-state index contributed by atoms with van der Waals surface area (Å²) in [5.41, 5.74) is 2.28. The number of ether oxygens (including phenoxy) is 2. The zero-order valence-corrected chi connectivity index (χ0v) is 12.2. The van der Waals surface area contributed by atoms with Crippen LogP contribution >= 0.6 is 0 Å². The Morgan fingerprint density at radius 3 is 3.00 bits per heavy atom. The molecular weight excluding hydrogens is 254 g/mol. The third-order valence-electron chi connectivity index (χ3n) is 3.90. The molecule has 1 fully saturated rings. The highest BCUT2D eigenvalue weighted by Gasteiger charge is 2.21. The largest absolute Gasteiger partial charge is 0.378 e. The van der Waals surface area contributed by atoms with Crippen LogP contribution in [0.2, 0.25) is 0 Å². The summed E-state index contributed by atoms with van der Waals surface area (Å²) in [4.78, 5) is 9.43. The van der Waals surface area contributed by atoms with Crippen molar-refractivity contribution < 1.29 is 9.47 Å². The van der Waals surface area contributed by atoms with Gasteiger partial charge in [-0.1, -0.05) is 0 Å². The summed E-state index contributed by atoms with van der Waals surface area (Å²) in [7, 11) is 0. The number of anilines is 1. The second-order valence-electron chi connectivity index (χ2n) is 5.44. The fraction of sp³-hybridized carbons (Fsp3) is 0.733. The summed E-state index contributed by atoms with van der Waals surface area (Å²) in [6, 6.07) is 0. The van der Waals surface area contributed by atoms with Gasteiger partial charge in [0.15, 0.2) is 0 Å². The van der Waals surface area contributed by atoms with Crippen molar-refractivity contribution in [3.05, 3.63) is 17.1 Å². The molecule has 110 valence electrons. The first kappa shape index (κ1) is 13.8. The highest BCUT2D eigenvalue weighted by molar-refractivity contribution is 5.47. The normalized spacial score (nSPS) is 22.4. The third-order valence-corrected chi connectivity index (χ3v) is 3.90. The summed E-state index contributed by atoms with van der Waals surface area (Å²) in [6.07, 6.45) is 5.56. The highest BCUT2D eigenvalue weighted by Crippen LogP contribution is 2.24. The molecule has 0 spiro atoms. The van der Waals surface area contributed by atoms with Gasteiger partial charge in [-0.15, -0.1) is 0 Å². The minimum atomic E-state index is 0.288. The number of aromatic nitrogens is 2. The Labute approximate surface area is 120 Å². The van der Waals surface area contributed by atoms with Crippen LogP contribution in [0.15, 0.2) is 0 Å². The van der Waals surface area contributed by atoms with Crippen molar-refractivity contribution in [2.24, 2.45) is 0 Å². The standard InChI is InChI=1S/C15H23N3O2/c1-2-16-15-12-10-19-8-6-13(12)17-14(18-15)9-11-5-3-4-7-20-11/h11H,2-10H2,1H3,(H,16,17,18). The van der Waals surface area contributed by atoms with Crippen LogP contribution in [-0.4, -0.2) is 35.8 Å². The number of fused-ring (bicyclic) bond motifs is 1. The average Bonchev–Trinajstić information content (AvgIpc) is 2.49. The van der Waals surface area contributed by atoms with Crippen LogP contribution in [-0.2, 0) is 28.9 Å². The van der Waals surface area contributed by atoms with Crippen LogP contribution in [0.5, 0.6) is 0 Å². The van der Waals surface area contributed by atoms with Gasteiger partial charge in [0, 0.05) is 31.6 Å². The number of hydrogen-bond acceptors (Lipinski definition) is 5. The van der Waals surface area contributed by atoms with Gasteiger partial charge in [-0.2, -0.15) is 0 Å². The molecule has 0 amide bonds. The Bertz CT molecular complexity index is 459. The van der Waals surface area contributed by atoms with Crippen LogP contribution in [0, 0.1) is 0 Å². The van der Waals surface area contributed by atoms with Crippen LogP contribution < -0.4 is 5.32 Å². The molecule has 2 aliphatic heterocycles. The topological polar surface area (TPSA) is 56.3 Å². The first-order valence-electron chi connectivity index (χ1n) is 7.68. The van der Waals surface area contributed by atoms with E-state index >= 15 is 0 Å². The van der Waals surface area contributed by atoms with E-state index < -0.39 is 0 Å². The Kier molecular flexibility index (Phi) is 4.47. The first-order chi connectivity index (χ1) is 9.86. The van der Waals surface area contributed by atoms with Crippen molar-refractivity contribution >= 4 is 5.82 Å². The first-order valence-corrected chi connectivity index (χ1v) is 7.68. The number of nitrogens with zero attached hydrogens (tertiary/aromatic N) is 2. The van der Waals surface area contributed by atoms with E-state index in [-0.39, 0.29) is 6.10 Å². The van der Waals surface area contributed by atoms with Crippen LogP contribution in [0.1, 0.15) is 43.3 Å². The quantitative estimate of drug-likeness (QED) is 0.913. The van der Waals surface area contributed by atoms with Gasteiger partial charge >= 0.3 is 0 Å². The lowest BCUT2D eigenvalue weighted by atomic mass is 10.1. The Morgan fingerprint density at radius 2 is 2.20 bits per heavy atom. The molecular formula is C15H23N3O2. The van der Waals surface area contributed by atoms with Gasteiger partial charge in [0.05, 0.1) is 25.0 Å². The molecule has 1 aromatic rings. The summed E-state index contributed by atoms with van der Waals surface area (Å²) in [6.45, 7) is 5.21. The molecule has 2 aliphatic rings. The predicted molar refractivity (Wildman–Crippen MR) is 76.9 cm³/mol. The molecule has 1 saturated heterocycles. The highest BCUT2D eigenvalue weighted by atomic mass is 16.5. The van der Waals surface area contributed by atoms with Gasteiger partial charge < -0.3 is 14.8 Å². The van der Waals surface area contributed by atoms with Crippen molar-refractivity contribution in [3.63, 3.8) is 0 Å². The molecule has 1 aromatic heterocycles. The van der Waals surface area contributed by atoms with E-state index in [1.54, 1.807) is 0 Å². The van der Waals surface area contributed by atoms with E-state index in [4.69, 9.17) is 14.5 Å². The SMILES string of the molecule is CCNc1nc(CC2CCCCO2)nc2c1COCC2. The molecule has 1 atom stereocenters. The minimum Gasteiger partial charge on any atom is -0.378 e. The van der Waals surface area contributed by atoms with E-state index in [9.17, 15) is 0 Å². The maximum atomic E-state index is 5.80. The molecule has 0 saturated carbocycles. The van der Waals surface area contributed by atoms with Gasteiger partial charge in [0.1, 0.15) is 11.6 Å².